The molecule has 0 bridgehead atoms. The van der Waals surface area contributed by atoms with E-state index in [0.717, 1.165) is 23.8 Å². The van der Waals surface area contributed by atoms with Crippen molar-refractivity contribution in [3.05, 3.63) is 40.3 Å². The van der Waals surface area contributed by atoms with Crippen LogP contribution in [0.1, 0.15) is 29.8 Å². The van der Waals surface area contributed by atoms with E-state index in [1.165, 1.54) is 18.4 Å². The number of halogens is 1. The van der Waals surface area contributed by atoms with Gasteiger partial charge in [0.1, 0.15) is 0 Å². The fraction of sp³-hybridized carbons (Fsp3) is 0.429. The van der Waals surface area contributed by atoms with Crippen molar-refractivity contribution in [1.29, 1.82) is 0 Å². The van der Waals surface area contributed by atoms with Gasteiger partial charge >= 0.3 is 0 Å². The molecule has 2 aromatic heterocycles. The number of rotatable bonds is 4. The first-order valence-electron chi connectivity index (χ1n) is 6.55. The van der Waals surface area contributed by atoms with Gasteiger partial charge in [-0.05, 0) is 38.3 Å². The fourth-order valence-corrected chi connectivity index (χ4v) is 2.12. The van der Waals surface area contributed by atoms with Gasteiger partial charge in [-0.1, -0.05) is 17.7 Å². The molecule has 100 valence electrons. The number of aryl methyl sites for hydroxylation is 2. The topological polar surface area (TPSA) is 42.7 Å². The summed E-state index contributed by atoms with van der Waals surface area (Å²) in [5.74, 6) is 0.808. The normalized spacial score (nSPS) is 14.9. The first kappa shape index (κ1) is 12.6. The van der Waals surface area contributed by atoms with E-state index in [4.69, 9.17) is 11.6 Å². The summed E-state index contributed by atoms with van der Waals surface area (Å²) in [5, 5.41) is 8.51. The zero-order valence-corrected chi connectivity index (χ0v) is 11.9. The highest BCUT2D eigenvalue weighted by Gasteiger charge is 2.20. The molecule has 1 N–H and O–H groups in total. The molecule has 2 heterocycles. The molecule has 0 saturated heterocycles. The van der Waals surface area contributed by atoms with E-state index in [0.29, 0.717) is 11.1 Å². The van der Waals surface area contributed by atoms with E-state index in [1.807, 2.05) is 19.9 Å². The average molecular weight is 277 g/mol. The van der Waals surface area contributed by atoms with E-state index in [1.54, 1.807) is 10.9 Å². The lowest BCUT2D eigenvalue weighted by atomic mass is 10.2. The summed E-state index contributed by atoms with van der Waals surface area (Å²) in [5.41, 5.74) is 3.10. The summed E-state index contributed by atoms with van der Waals surface area (Å²) in [6.07, 6.45) is 4.39. The molecular formula is C14H17ClN4. The molecule has 1 aliphatic rings. The molecular weight excluding hydrogens is 260 g/mol. The fourth-order valence-electron chi connectivity index (χ4n) is 1.99. The Morgan fingerprint density at radius 1 is 1.32 bits per heavy atom. The number of nitrogens with zero attached hydrogens (tertiary/aromatic N) is 3. The molecule has 1 aliphatic carbocycles. The summed E-state index contributed by atoms with van der Waals surface area (Å²) in [6, 6.07) is 4.81. The Morgan fingerprint density at radius 3 is 2.68 bits per heavy atom. The first-order valence-corrected chi connectivity index (χ1v) is 6.93. The SMILES string of the molecule is Cc1nn(-c2ccc(CNC3CC3)c(C)n2)cc1Cl. The molecule has 5 heteroatoms. The number of pyridine rings is 1. The van der Waals surface area contributed by atoms with Gasteiger partial charge in [-0.25, -0.2) is 9.67 Å². The third-order valence-electron chi connectivity index (χ3n) is 3.41. The van der Waals surface area contributed by atoms with Gasteiger partial charge in [0.25, 0.3) is 0 Å². The van der Waals surface area contributed by atoms with Crippen molar-refractivity contribution in [1.82, 2.24) is 20.1 Å². The summed E-state index contributed by atoms with van der Waals surface area (Å²) >= 11 is 6.02. The van der Waals surface area contributed by atoms with Crippen LogP contribution in [0.25, 0.3) is 5.82 Å². The van der Waals surface area contributed by atoms with Gasteiger partial charge in [-0.3, -0.25) is 0 Å². The minimum atomic E-state index is 0.666. The Labute approximate surface area is 117 Å². The van der Waals surface area contributed by atoms with Crippen molar-refractivity contribution < 1.29 is 0 Å². The lowest BCUT2D eigenvalue weighted by molar-refractivity contribution is 0.680. The van der Waals surface area contributed by atoms with Crippen LogP contribution in [0, 0.1) is 13.8 Å². The zero-order chi connectivity index (χ0) is 13.4. The van der Waals surface area contributed by atoms with E-state index >= 15 is 0 Å². The Balaban J connectivity index is 1.81. The van der Waals surface area contributed by atoms with Crippen molar-refractivity contribution in [2.75, 3.05) is 0 Å². The second-order valence-electron chi connectivity index (χ2n) is 5.08. The lowest BCUT2D eigenvalue weighted by Crippen LogP contribution is -2.16. The zero-order valence-electron chi connectivity index (χ0n) is 11.2. The molecule has 2 aromatic rings. The molecule has 0 amide bonds. The summed E-state index contributed by atoms with van der Waals surface area (Å²) in [6.45, 7) is 4.81. The Hall–Kier alpha value is -1.39. The second-order valence-corrected chi connectivity index (χ2v) is 5.48. The Kier molecular flexibility index (Phi) is 3.29. The van der Waals surface area contributed by atoms with Crippen molar-refractivity contribution in [3.8, 4) is 5.82 Å². The molecule has 0 aromatic carbocycles. The lowest BCUT2D eigenvalue weighted by Gasteiger charge is -2.08. The highest BCUT2D eigenvalue weighted by atomic mass is 35.5. The Morgan fingerprint density at radius 2 is 2.11 bits per heavy atom. The van der Waals surface area contributed by atoms with E-state index in [9.17, 15) is 0 Å². The summed E-state index contributed by atoms with van der Waals surface area (Å²) in [4.78, 5) is 4.60. The molecule has 4 nitrogen and oxygen atoms in total. The maximum atomic E-state index is 6.02. The Bertz CT molecular complexity index is 582. The number of hydrogen-bond acceptors (Lipinski definition) is 3. The van der Waals surface area contributed by atoms with Crippen LogP contribution in [0.3, 0.4) is 0 Å². The molecule has 0 aliphatic heterocycles. The van der Waals surface area contributed by atoms with E-state index in [-0.39, 0.29) is 0 Å². The van der Waals surface area contributed by atoms with Gasteiger partial charge < -0.3 is 5.32 Å². The van der Waals surface area contributed by atoms with Crippen LogP contribution in [-0.4, -0.2) is 20.8 Å². The molecule has 19 heavy (non-hydrogen) atoms. The number of hydrogen-bond donors (Lipinski definition) is 1. The van der Waals surface area contributed by atoms with Gasteiger partial charge in [0.2, 0.25) is 0 Å². The smallest absolute Gasteiger partial charge is 0.153 e. The van der Waals surface area contributed by atoms with Crippen LogP contribution in [0.5, 0.6) is 0 Å². The van der Waals surface area contributed by atoms with Gasteiger partial charge in [-0.15, -0.1) is 0 Å². The van der Waals surface area contributed by atoms with Gasteiger partial charge in [0.05, 0.1) is 16.9 Å². The number of aromatic nitrogens is 3. The quantitative estimate of drug-likeness (QED) is 0.934. The van der Waals surface area contributed by atoms with Crippen LogP contribution >= 0.6 is 11.6 Å². The van der Waals surface area contributed by atoms with E-state index in [2.05, 4.69) is 21.5 Å². The second kappa shape index (κ2) is 4.94. The monoisotopic (exact) mass is 276 g/mol. The summed E-state index contributed by atoms with van der Waals surface area (Å²) < 4.78 is 1.72. The third-order valence-corrected chi connectivity index (χ3v) is 3.78. The summed E-state index contributed by atoms with van der Waals surface area (Å²) in [7, 11) is 0. The van der Waals surface area contributed by atoms with Gasteiger partial charge in [0, 0.05) is 18.3 Å². The van der Waals surface area contributed by atoms with Crippen LogP contribution in [-0.2, 0) is 6.54 Å². The minimum Gasteiger partial charge on any atom is -0.310 e. The average Bonchev–Trinajstić information content (AvgIpc) is 3.14. The first-order chi connectivity index (χ1) is 9.13. The highest BCUT2D eigenvalue weighted by Crippen LogP contribution is 2.20. The maximum absolute atomic E-state index is 6.02. The minimum absolute atomic E-state index is 0.666. The molecule has 1 saturated carbocycles. The van der Waals surface area contributed by atoms with Crippen molar-refractivity contribution in [3.63, 3.8) is 0 Å². The van der Waals surface area contributed by atoms with Gasteiger partial charge in [-0.2, -0.15) is 5.10 Å². The maximum Gasteiger partial charge on any atom is 0.153 e. The molecule has 3 rings (SSSR count). The highest BCUT2D eigenvalue weighted by molar-refractivity contribution is 6.31. The standard InChI is InChI=1S/C14H17ClN4/c1-9-11(7-16-12-4-5-12)3-6-14(17-9)19-8-13(15)10(2)18-19/h3,6,8,12,16H,4-5,7H2,1-2H3. The van der Waals surface area contributed by atoms with E-state index < -0.39 is 0 Å². The molecule has 0 atom stereocenters. The van der Waals surface area contributed by atoms with Crippen LogP contribution in [0.15, 0.2) is 18.3 Å². The van der Waals surface area contributed by atoms with Crippen molar-refractivity contribution in [2.45, 2.75) is 39.3 Å². The number of nitrogens with one attached hydrogen (secondary N) is 1. The van der Waals surface area contributed by atoms with Crippen molar-refractivity contribution in [2.24, 2.45) is 0 Å². The molecule has 0 spiro atoms. The molecule has 1 fully saturated rings. The van der Waals surface area contributed by atoms with Crippen LogP contribution < -0.4 is 5.32 Å². The molecule has 0 radical (unpaired) electrons. The predicted octanol–water partition coefficient (Wildman–Crippen LogP) is 2.79. The van der Waals surface area contributed by atoms with Crippen LogP contribution in [0.4, 0.5) is 0 Å². The molecule has 0 unspecified atom stereocenters. The third kappa shape index (κ3) is 2.80. The predicted molar refractivity (Wildman–Crippen MR) is 75.7 cm³/mol. The van der Waals surface area contributed by atoms with Gasteiger partial charge in [0.15, 0.2) is 5.82 Å². The van der Waals surface area contributed by atoms with Crippen LogP contribution in [0.2, 0.25) is 5.02 Å². The van der Waals surface area contributed by atoms with Crippen molar-refractivity contribution >= 4 is 11.6 Å². The largest absolute Gasteiger partial charge is 0.310 e.